The third-order valence-electron chi connectivity index (χ3n) is 3.13. The molecule has 6 heteroatoms. The van der Waals surface area contributed by atoms with Crippen molar-refractivity contribution in [3.05, 3.63) is 53.6 Å². The Hall–Kier alpha value is -2.11. The van der Waals surface area contributed by atoms with Crippen LogP contribution in [0.1, 0.15) is 5.56 Å². The quantitative estimate of drug-likeness (QED) is 0.679. The lowest BCUT2D eigenvalue weighted by Crippen LogP contribution is -2.02. The van der Waals surface area contributed by atoms with Gasteiger partial charge in [-0.15, -0.1) is 0 Å². The van der Waals surface area contributed by atoms with Crippen molar-refractivity contribution in [2.75, 3.05) is 7.11 Å². The second-order valence-corrected chi connectivity index (χ2v) is 4.85. The largest absolute Gasteiger partial charge is 0.493 e. The van der Waals surface area contributed by atoms with E-state index in [1.165, 1.54) is 6.33 Å². The second-order valence-electron chi connectivity index (χ2n) is 4.49. The van der Waals surface area contributed by atoms with E-state index in [2.05, 4.69) is 9.97 Å². The summed E-state index contributed by atoms with van der Waals surface area (Å²) in [7, 11) is 1.60. The highest BCUT2D eigenvalue weighted by molar-refractivity contribution is 6.33. The highest BCUT2D eigenvalue weighted by Crippen LogP contribution is 2.29. The van der Waals surface area contributed by atoms with Crippen LogP contribution in [-0.2, 0) is 18.1 Å². The Morgan fingerprint density at radius 1 is 1.19 bits per heavy atom. The number of benzene rings is 1. The van der Waals surface area contributed by atoms with Crippen molar-refractivity contribution in [1.82, 2.24) is 14.5 Å². The van der Waals surface area contributed by atoms with Gasteiger partial charge in [0.05, 0.1) is 19.9 Å². The SMILES string of the molecule is COc1cn(COCc2ccccc2)c2c(Cl)ncnc12. The number of ether oxygens (including phenoxy) is 2. The molecule has 0 aliphatic carbocycles. The zero-order chi connectivity index (χ0) is 14.7. The minimum absolute atomic E-state index is 0.349. The van der Waals surface area contributed by atoms with E-state index in [0.29, 0.717) is 35.3 Å². The van der Waals surface area contributed by atoms with E-state index in [9.17, 15) is 0 Å². The summed E-state index contributed by atoms with van der Waals surface area (Å²) in [4.78, 5) is 8.21. The summed E-state index contributed by atoms with van der Waals surface area (Å²) in [5.41, 5.74) is 2.51. The number of nitrogens with zero attached hydrogens (tertiary/aromatic N) is 3. The molecule has 2 aromatic heterocycles. The van der Waals surface area contributed by atoms with Crippen LogP contribution >= 0.6 is 11.6 Å². The maximum atomic E-state index is 6.15. The molecule has 0 N–H and O–H groups in total. The number of aromatic nitrogens is 3. The highest BCUT2D eigenvalue weighted by Gasteiger charge is 2.14. The zero-order valence-corrected chi connectivity index (χ0v) is 12.2. The molecule has 0 aliphatic heterocycles. The number of rotatable bonds is 5. The van der Waals surface area contributed by atoms with E-state index in [0.717, 1.165) is 5.56 Å². The third-order valence-corrected chi connectivity index (χ3v) is 3.41. The van der Waals surface area contributed by atoms with Crippen LogP contribution in [0, 0.1) is 0 Å². The topological polar surface area (TPSA) is 49.2 Å². The molecule has 0 atom stereocenters. The molecular formula is C15H14ClN3O2. The Bertz CT molecular complexity index is 743. The Labute approximate surface area is 127 Å². The molecule has 21 heavy (non-hydrogen) atoms. The van der Waals surface area contributed by atoms with Gasteiger partial charge in [-0.25, -0.2) is 9.97 Å². The average Bonchev–Trinajstić information content (AvgIpc) is 2.88. The van der Waals surface area contributed by atoms with Crippen molar-refractivity contribution in [1.29, 1.82) is 0 Å². The van der Waals surface area contributed by atoms with Gasteiger partial charge in [0.15, 0.2) is 10.9 Å². The van der Waals surface area contributed by atoms with Crippen LogP contribution in [0.15, 0.2) is 42.9 Å². The molecule has 0 fully saturated rings. The summed E-state index contributed by atoms with van der Waals surface area (Å²) in [6.45, 7) is 0.871. The molecule has 0 aliphatic rings. The summed E-state index contributed by atoms with van der Waals surface area (Å²) in [6, 6.07) is 9.98. The average molecular weight is 304 g/mol. The lowest BCUT2D eigenvalue weighted by Gasteiger charge is -2.07. The van der Waals surface area contributed by atoms with Crippen molar-refractivity contribution in [2.24, 2.45) is 0 Å². The molecule has 3 aromatic rings. The Morgan fingerprint density at radius 3 is 2.76 bits per heavy atom. The Morgan fingerprint density at radius 2 is 2.00 bits per heavy atom. The standard InChI is InChI=1S/C15H14ClN3O2/c1-20-12-7-19(14-13(12)17-9-18-15(14)16)10-21-8-11-5-3-2-4-6-11/h2-7,9H,8,10H2,1H3. The van der Waals surface area contributed by atoms with Gasteiger partial charge in [0.25, 0.3) is 0 Å². The molecule has 3 rings (SSSR count). The molecule has 0 spiro atoms. The minimum atomic E-state index is 0.349. The van der Waals surface area contributed by atoms with Gasteiger partial charge in [0, 0.05) is 0 Å². The highest BCUT2D eigenvalue weighted by atomic mass is 35.5. The molecule has 0 unspecified atom stereocenters. The first-order valence-corrected chi connectivity index (χ1v) is 6.82. The molecule has 0 saturated carbocycles. The molecule has 0 amide bonds. The molecule has 0 bridgehead atoms. The van der Waals surface area contributed by atoms with Crippen LogP contribution in [0.25, 0.3) is 11.0 Å². The van der Waals surface area contributed by atoms with E-state index >= 15 is 0 Å². The molecule has 108 valence electrons. The van der Waals surface area contributed by atoms with Crippen LogP contribution in [0.3, 0.4) is 0 Å². The number of hydrogen-bond acceptors (Lipinski definition) is 4. The van der Waals surface area contributed by atoms with Gasteiger partial charge in [-0.2, -0.15) is 0 Å². The number of hydrogen-bond donors (Lipinski definition) is 0. The summed E-state index contributed by atoms with van der Waals surface area (Å²) >= 11 is 6.15. The maximum absolute atomic E-state index is 6.15. The summed E-state index contributed by atoms with van der Waals surface area (Å²) in [6.07, 6.45) is 3.23. The van der Waals surface area contributed by atoms with E-state index < -0.39 is 0 Å². The molecular weight excluding hydrogens is 290 g/mol. The molecule has 1 aromatic carbocycles. The van der Waals surface area contributed by atoms with E-state index in [4.69, 9.17) is 21.1 Å². The van der Waals surface area contributed by atoms with Gasteiger partial charge in [-0.3, -0.25) is 0 Å². The third kappa shape index (κ3) is 2.84. The van der Waals surface area contributed by atoms with E-state index in [1.54, 1.807) is 7.11 Å². The fourth-order valence-electron chi connectivity index (χ4n) is 2.15. The summed E-state index contributed by atoms with van der Waals surface area (Å²) < 4.78 is 12.9. The predicted molar refractivity (Wildman–Crippen MR) is 80.3 cm³/mol. The van der Waals surface area contributed by atoms with Gasteiger partial charge in [0.1, 0.15) is 24.1 Å². The van der Waals surface area contributed by atoms with Gasteiger partial charge < -0.3 is 14.0 Å². The first-order chi connectivity index (χ1) is 10.3. The monoisotopic (exact) mass is 303 g/mol. The summed E-state index contributed by atoms with van der Waals surface area (Å²) in [5.74, 6) is 0.651. The van der Waals surface area contributed by atoms with E-state index in [1.807, 2.05) is 41.1 Å². The summed E-state index contributed by atoms with van der Waals surface area (Å²) in [5, 5.41) is 0.381. The zero-order valence-electron chi connectivity index (χ0n) is 11.5. The number of halogens is 1. The lowest BCUT2D eigenvalue weighted by molar-refractivity contribution is 0.0665. The Balaban J connectivity index is 1.81. The second kappa shape index (κ2) is 6.11. The van der Waals surface area contributed by atoms with Crippen molar-refractivity contribution in [3.63, 3.8) is 0 Å². The predicted octanol–water partition coefficient (Wildman–Crippen LogP) is 3.27. The number of fused-ring (bicyclic) bond motifs is 1. The fourth-order valence-corrected chi connectivity index (χ4v) is 2.39. The lowest BCUT2D eigenvalue weighted by atomic mass is 10.2. The maximum Gasteiger partial charge on any atom is 0.163 e. The first kappa shape index (κ1) is 13.9. The van der Waals surface area contributed by atoms with Crippen molar-refractivity contribution < 1.29 is 9.47 Å². The minimum Gasteiger partial charge on any atom is -0.493 e. The molecule has 0 radical (unpaired) electrons. The smallest absolute Gasteiger partial charge is 0.163 e. The normalized spacial score (nSPS) is 11.0. The molecule has 5 nitrogen and oxygen atoms in total. The number of methoxy groups -OCH3 is 1. The van der Waals surface area contributed by atoms with Crippen molar-refractivity contribution in [3.8, 4) is 5.75 Å². The first-order valence-electron chi connectivity index (χ1n) is 6.44. The van der Waals surface area contributed by atoms with Crippen LogP contribution in [0.5, 0.6) is 5.75 Å². The van der Waals surface area contributed by atoms with Crippen molar-refractivity contribution >= 4 is 22.6 Å². The van der Waals surface area contributed by atoms with Gasteiger partial charge in [0.2, 0.25) is 0 Å². The fraction of sp³-hybridized carbons (Fsp3) is 0.200. The molecule has 2 heterocycles. The van der Waals surface area contributed by atoms with Crippen LogP contribution < -0.4 is 4.74 Å². The van der Waals surface area contributed by atoms with Gasteiger partial charge in [-0.05, 0) is 5.56 Å². The van der Waals surface area contributed by atoms with Crippen LogP contribution in [-0.4, -0.2) is 21.6 Å². The van der Waals surface area contributed by atoms with Gasteiger partial charge in [-0.1, -0.05) is 41.9 Å². The Kier molecular flexibility index (Phi) is 4.03. The van der Waals surface area contributed by atoms with Gasteiger partial charge >= 0.3 is 0 Å². The van der Waals surface area contributed by atoms with Crippen LogP contribution in [0.4, 0.5) is 0 Å². The molecule has 0 saturated heterocycles. The van der Waals surface area contributed by atoms with Crippen LogP contribution in [0.2, 0.25) is 5.15 Å². The van der Waals surface area contributed by atoms with E-state index in [-0.39, 0.29) is 0 Å². The van der Waals surface area contributed by atoms with Crippen molar-refractivity contribution in [2.45, 2.75) is 13.3 Å².